The van der Waals surface area contributed by atoms with Gasteiger partial charge in [-0.3, -0.25) is 4.90 Å². The van der Waals surface area contributed by atoms with E-state index in [-0.39, 0.29) is 12.1 Å². The molecule has 2 fully saturated rings. The average Bonchev–Trinajstić information content (AvgIpc) is 3.53. The van der Waals surface area contributed by atoms with Crippen LogP contribution in [0.3, 0.4) is 0 Å². The number of piperazine rings is 1. The van der Waals surface area contributed by atoms with Crippen molar-refractivity contribution < 1.29 is 9.53 Å². The SMILES string of the molecule is CN1CCN([C@H]2CC[C@@H](n3nc(-c4ccc(Oc5ccc(CNC(=O)NCc6ccccc6)cc5)cc4)c4c(N)ncnc43)CC2)CC1. The summed E-state index contributed by atoms with van der Waals surface area (Å²) in [7, 11) is 2.21. The molecule has 248 valence electrons. The van der Waals surface area contributed by atoms with E-state index in [1.165, 1.54) is 19.2 Å². The zero-order valence-corrected chi connectivity index (χ0v) is 27.4. The minimum Gasteiger partial charge on any atom is -0.457 e. The number of hydrogen-bond acceptors (Lipinski definition) is 8. The molecule has 1 saturated heterocycles. The summed E-state index contributed by atoms with van der Waals surface area (Å²) in [6, 6.07) is 26.1. The molecule has 1 saturated carbocycles. The number of aromatic nitrogens is 4. The maximum absolute atomic E-state index is 12.2. The number of carbonyl (C=O) groups is 1. The van der Waals surface area contributed by atoms with Gasteiger partial charge in [0.15, 0.2) is 5.65 Å². The molecule has 3 aromatic carbocycles. The summed E-state index contributed by atoms with van der Waals surface area (Å²) < 4.78 is 8.23. The zero-order chi connectivity index (χ0) is 32.9. The van der Waals surface area contributed by atoms with Gasteiger partial charge in [0.2, 0.25) is 0 Å². The molecular weight excluding hydrogens is 602 g/mol. The number of amides is 2. The van der Waals surface area contributed by atoms with E-state index in [4.69, 9.17) is 15.6 Å². The second kappa shape index (κ2) is 14.4. The summed E-state index contributed by atoms with van der Waals surface area (Å²) in [6.45, 7) is 5.51. The van der Waals surface area contributed by atoms with E-state index in [2.05, 4.69) is 42.1 Å². The summed E-state index contributed by atoms with van der Waals surface area (Å²) in [5, 5.41) is 11.7. The van der Waals surface area contributed by atoms with E-state index in [0.29, 0.717) is 36.4 Å². The molecule has 5 aromatic rings. The van der Waals surface area contributed by atoms with Gasteiger partial charge in [-0.2, -0.15) is 5.10 Å². The number of ether oxygens (including phenoxy) is 1. The highest BCUT2D eigenvalue weighted by atomic mass is 16.5. The van der Waals surface area contributed by atoms with Crippen molar-refractivity contribution in [3.8, 4) is 22.8 Å². The van der Waals surface area contributed by atoms with Gasteiger partial charge in [0.1, 0.15) is 29.3 Å². The monoisotopic (exact) mass is 645 g/mol. The van der Waals surface area contributed by atoms with E-state index in [9.17, 15) is 4.79 Å². The first-order chi connectivity index (χ1) is 23.5. The topological polar surface area (TPSA) is 126 Å². The van der Waals surface area contributed by atoms with Gasteiger partial charge < -0.3 is 26.0 Å². The number of likely N-dealkylation sites (N-methyl/N-ethyl adjacent to an activating group) is 1. The molecule has 3 heterocycles. The molecule has 4 N–H and O–H groups in total. The molecule has 0 atom stereocenters. The molecule has 1 aliphatic carbocycles. The van der Waals surface area contributed by atoms with Crippen molar-refractivity contribution in [3.63, 3.8) is 0 Å². The molecular formula is C37H43N9O2. The van der Waals surface area contributed by atoms with Crippen LogP contribution < -0.4 is 21.1 Å². The van der Waals surface area contributed by atoms with Crippen LogP contribution in [0.5, 0.6) is 11.5 Å². The van der Waals surface area contributed by atoms with Crippen LogP contribution in [-0.4, -0.2) is 74.8 Å². The number of nitrogens with zero attached hydrogens (tertiary/aromatic N) is 6. The van der Waals surface area contributed by atoms with Gasteiger partial charge in [-0.15, -0.1) is 0 Å². The Morgan fingerprint density at radius 2 is 1.40 bits per heavy atom. The number of hydrogen-bond donors (Lipinski definition) is 3. The van der Waals surface area contributed by atoms with E-state index >= 15 is 0 Å². The number of benzene rings is 3. The van der Waals surface area contributed by atoms with Crippen LogP contribution in [0, 0.1) is 0 Å². The smallest absolute Gasteiger partial charge is 0.315 e. The number of anilines is 1. The lowest BCUT2D eigenvalue weighted by Gasteiger charge is -2.41. The second-order valence-corrected chi connectivity index (χ2v) is 12.8. The minimum absolute atomic E-state index is 0.209. The van der Waals surface area contributed by atoms with E-state index in [1.807, 2.05) is 78.9 Å². The van der Waals surface area contributed by atoms with Crippen LogP contribution >= 0.6 is 0 Å². The van der Waals surface area contributed by atoms with E-state index < -0.39 is 0 Å². The van der Waals surface area contributed by atoms with Crippen LogP contribution in [0.1, 0.15) is 42.9 Å². The van der Waals surface area contributed by atoms with Gasteiger partial charge in [-0.05, 0) is 80.3 Å². The fourth-order valence-corrected chi connectivity index (χ4v) is 6.82. The fourth-order valence-electron chi connectivity index (χ4n) is 6.82. The van der Waals surface area contributed by atoms with Gasteiger partial charge in [0.25, 0.3) is 0 Å². The lowest BCUT2D eigenvalue weighted by atomic mass is 9.90. The lowest BCUT2D eigenvalue weighted by molar-refractivity contribution is 0.0815. The van der Waals surface area contributed by atoms with Crippen molar-refractivity contribution in [3.05, 3.63) is 96.3 Å². The van der Waals surface area contributed by atoms with Crippen LogP contribution in [0.25, 0.3) is 22.3 Å². The van der Waals surface area contributed by atoms with Gasteiger partial charge in [-0.1, -0.05) is 42.5 Å². The van der Waals surface area contributed by atoms with Crippen molar-refractivity contribution in [2.24, 2.45) is 0 Å². The molecule has 1 aliphatic heterocycles. The molecule has 2 aliphatic rings. The zero-order valence-electron chi connectivity index (χ0n) is 27.4. The number of rotatable bonds is 9. The van der Waals surface area contributed by atoms with E-state index in [1.54, 1.807) is 0 Å². The predicted molar refractivity (Wildman–Crippen MR) is 188 cm³/mol. The number of nitrogens with two attached hydrogens (primary N) is 1. The molecule has 0 bridgehead atoms. The van der Waals surface area contributed by atoms with Crippen LogP contribution in [0.2, 0.25) is 0 Å². The van der Waals surface area contributed by atoms with Gasteiger partial charge >= 0.3 is 6.03 Å². The maximum atomic E-state index is 12.2. The van der Waals surface area contributed by atoms with Crippen LogP contribution in [-0.2, 0) is 13.1 Å². The predicted octanol–water partition coefficient (Wildman–Crippen LogP) is 5.60. The summed E-state index contributed by atoms with van der Waals surface area (Å²) in [4.78, 5) is 26.2. The normalized spacial score (nSPS) is 18.9. The standard InChI is InChI=1S/C37H43N9O2/c1-44-19-21-45(22-20-44)29-11-13-30(14-12-29)46-36-33(35(38)41-25-42-36)34(43-46)28-9-17-32(18-10-28)48-31-15-7-27(8-16-31)24-40-37(47)39-23-26-5-3-2-4-6-26/h2-10,15-18,25,29-30H,11-14,19-24H2,1H3,(H2,38,41,42)(H2,39,40,47)/t29-,30+. The van der Waals surface area contributed by atoms with Gasteiger partial charge in [-0.25, -0.2) is 19.4 Å². The third-order valence-corrected chi connectivity index (χ3v) is 9.62. The first-order valence-corrected chi connectivity index (χ1v) is 16.8. The molecule has 2 amide bonds. The first-order valence-electron chi connectivity index (χ1n) is 16.8. The van der Waals surface area contributed by atoms with Crippen molar-refractivity contribution in [1.29, 1.82) is 0 Å². The molecule has 48 heavy (non-hydrogen) atoms. The first kappa shape index (κ1) is 31.6. The number of nitrogens with one attached hydrogen (secondary N) is 2. The highest BCUT2D eigenvalue weighted by Crippen LogP contribution is 2.37. The third-order valence-electron chi connectivity index (χ3n) is 9.62. The summed E-state index contributed by atoms with van der Waals surface area (Å²) in [5.74, 6) is 1.86. The fraction of sp³-hybridized carbons (Fsp3) is 0.351. The number of fused-ring (bicyclic) bond motifs is 1. The lowest BCUT2D eigenvalue weighted by Crippen LogP contribution is -2.49. The molecule has 0 spiro atoms. The van der Waals surface area contributed by atoms with Crippen molar-refractivity contribution >= 4 is 22.9 Å². The van der Waals surface area contributed by atoms with Gasteiger partial charge in [0.05, 0.1) is 11.4 Å². The summed E-state index contributed by atoms with van der Waals surface area (Å²) in [6.07, 6.45) is 6.01. The Balaban J connectivity index is 0.972. The van der Waals surface area contributed by atoms with Crippen LogP contribution in [0.15, 0.2) is 85.2 Å². The Bertz CT molecular complexity index is 1810. The second-order valence-electron chi connectivity index (χ2n) is 12.8. The average molecular weight is 646 g/mol. The largest absolute Gasteiger partial charge is 0.457 e. The molecule has 0 radical (unpaired) electrons. The van der Waals surface area contributed by atoms with Crippen LogP contribution in [0.4, 0.5) is 10.6 Å². The van der Waals surface area contributed by atoms with E-state index in [0.717, 1.165) is 72.4 Å². The molecule has 2 aromatic heterocycles. The Morgan fingerprint density at radius 1 is 0.792 bits per heavy atom. The maximum Gasteiger partial charge on any atom is 0.315 e. The number of urea groups is 1. The molecule has 0 unspecified atom stereocenters. The third kappa shape index (κ3) is 7.27. The Labute approximate surface area is 281 Å². The summed E-state index contributed by atoms with van der Waals surface area (Å²) >= 11 is 0. The highest BCUT2D eigenvalue weighted by Gasteiger charge is 2.30. The number of carbonyl (C=O) groups excluding carboxylic acids is 1. The Kier molecular flexibility index (Phi) is 9.48. The Morgan fingerprint density at radius 3 is 2.06 bits per heavy atom. The molecule has 7 rings (SSSR count). The van der Waals surface area contributed by atoms with Crippen molar-refractivity contribution in [2.75, 3.05) is 39.0 Å². The molecule has 11 nitrogen and oxygen atoms in total. The summed E-state index contributed by atoms with van der Waals surface area (Å²) in [5.41, 5.74) is 11.0. The highest BCUT2D eigenvalue weighted by molar-refractivity contribution is 5.98. The number of nitrogen functional groups attached to an aromatic ring is 1. The van der Waals surface area contributed by atoms with Gasteiger partial charge in [0, 0.05) is 50.9 Å². The minimum atomic E-state index is -0.209. The quantitative estimate of drug-likeness (QED) is 0.189. The Hall–Kier alpha value is -5.00. The molecule has 11 heteroatoms. The van der Waals surface area contributed by atoms with Crippen molar-refractivity contribution in [2.45, 2.75) is 50.9 Å². The van der Waals surface area contributed by atoms with Crippen molar-refractivity contribution in [1.82, 2.24) is 40.2 Å².